The van der Waals surface area contributed by atoms with Gasteiger partial charge in [0.1, 0.15) is 17.4 Å². The van der Waals surface area contributed by atoms with Crippen LogP contribution in [-0.4, -0.2) is 55.3 Å². The van der Waals surface area contributed by atoms with Crippen LogP contribution in [0.15, 0.2) is 24.3 Å². The molecule has 8 heteroatoms. The van der Waals surface area contributed by atoms with Gasteiger partial charge in [-0.1, -0.05) is 25.0 Å². The summed E-state index contributed by atoms with van der Waals surface area (Å²) in [6, 6.07) is 6.51. The van der Waals surface area contributed by atoms with Crippen molar-refractivity contribution in [1.29, 1.82) is 0 Å². The lowest BCUT2D eigenvalue weighted by Gasteiger charge is -2.32. The molecule has 190 valence electrons. The number of hydrogen-bond acceptors (Lipinski definition) is 6. The van der Waals surface area contributed by atoms with Crippen LogP contribution in [0.25, 0.3) is 0 Å². The van der Waals surface area contributed by atoms with Gasteiger partial charge in [0.25, 0.3) is 0 Å². The lowest BCUT2D eigenvalue weighted by Crippen LogP contribution is -2.52. The van der Waals surface area contributed by atoms with Crippen LogP contribution in [0.2, 0.25) is 0 Å². The largest absolute Gasteiger partial charge is 0.497 e. The fraction of sp³-hybridized carbons (Fsp3) is 0.654. The molecule has 3 atom stereocenters. The maximum Gasteiger partial charge on any atom is 0.310 e. The summed E-state index contributed by atoms with van der Waals surface area (Å²) in [5.74, 6) is -1.90. The average Bonchev–Trinajstić information content (AvgIpc) is 3.31. The Hall–Kier alpha value is -2.61. The number of likely N-dealkylation sites (N-methyl/N-ethyl adjacent to an activating group) is 1. The number of ether oxygens (including phenoxy) is 2. The van der Waals surface area contributed by atoms with Gasteiger partial charge < -0.3 is 25.2 Å². The molecule has 0 heterocycles. The van der Waals surface area contributed by atoms with Crippen molar-refractivity contribution in [3.63, 3.8) is 0 Å². The predicted molar refractivity (Wildman–Crippen MR) is 129 cm³/mol. The zero-order chi connectivity index (χ0) is 25.3. The van der Waals surface area contributed by atoms with Crippen molar-refractivity contribution in [2.24, 2.45) is 17.8 Å². The van der Waals surface area contributed by atoms with E-state index in [0.29, 0.717) is 12.2 Å². The van der Waals surface area contributed by atoms with Gasteiger partial charge in [0.2, 0.25) is 11.8 Å². The highest BCUT2D eigenvalue weighted by Gasteiger charge is 2.42. The first-order valence-electron chi connectivity index (χ1n) is 12.1. The normalized spacial score (nSPS) is 16.9. The van der Waals surface area contributed by atoms with E-state index >= 15 is 0 Å². The molecule has 2 rings (SSSR count). The van der Waals surface area contributed by atoms with E-state index in [1.54, 1.807) is 40.0 Å². The highest BCUT2D eigenvalue weighted by molar-refractivity contribution is 5.91. The van der Waals surface area contributed by atoms with Gasteiger partial charge in [-0.2, -0.15) is 0 Å². The third-order valence-electron chi connectivity index (χ3n) is 6.27. The Labute approximate surface area is 202 Å². The van der Waals surface area contributed by atoms with Crippen LogP contribution < -0.4 is 15.4 Å². The highest BCUT2D eigenvalue weighted by atomic mass is 16.6. The minimum Gasteiger partial charge on any atom is -0.497 e. The van der Waals surface area contributed by atoms with Crippen molar-refractivity contribution in [3.05, 3.63) is 29.8 Å². The van der Waals surface area contributed by atoms with Gasteiger partial charge in [0, 0.05) is 20.1 Å². The number of aliphatic hydroxyl groups excluding tert-OH is 1. The zero-order valence-corrected chi connectivity index (χ0v) is 21.1. The van der Waals surface area contributed by atoms with Crippen LogP contribution in [0.3, 0.4) is 0 Å². The van der Waals surface area contributed by atoms with E-state index in [1.165, 1.54) is 7.05 Å². The topological polar surface area (TPSA) is 114 Å². The molecule has 1 fully saturated rings. The molecule has 1 aromatic rings. The smallest absolute Gasteiger partial charge is 0.310 e. The van der Waals surface area contributed by atoms with Crippen molar-refractivity contribution >= 4 is 17.8 Å². The fourth-order valence-electron chi connectivity index (χ4n) is 4.65. The van der Waals surface area contributed by atoms with Crippen molar-refractivity contribution in [2.75, 3.05) is 20.8 Å². The Kier molecular flexibility index (Phi) is 10.4. The van der Waals surface area contributed by atoms with Crippen LogP contribution in [0.5, 0.6) is 5.75 Å². The molecule has 8 nitrogen and oxygen atoms in total. The van der Waals surface area contributed by atoms with Crippen molar-refractivity contribution in [2.45, 2.75) is 70.9 Å². The number of nitrogens with one attached hydrogen (secondary N) is 2. The maximum absolute atomic E-state index is 13.6. The summed E-state index contributed by atoms with van der Waals surface area (Å²) in [6.45, 7) is 5.11. The van der Waals surface area contributed by atoms with Crippen molar-refractivity contribution in [1.82, 2.24) is 10.6 Å². The van der Waals surface area contributed by atoms with Gasteiger partial charge in [-0.05, 0) is 63.6 Å². The molecule has 0 aliphatic heterocycles. The van der Waals surface area contributed by atoms with E-state index in [2.05, 4.69) is 10.6 Å². The fourth-order valence-corrected chi connectivity index (χ4v) is 4.65. The molecule has 0 radical (unpaired) electrons. The molecule has 1 aromatic carbocycles. The predicted octanol–water partition coefficient (Wildman–Crippen LogP) is 2.62. The van der Waals surface area contributed by atoms with Crippen LogP contribution in [0, 0.1) is 17.8 Å². The summed E-state index contributed by atoms with van der Waals surface area (Å²) in [6.07, 6.45) is 4.05. The summed E-state index contributed by atoms with van der Waals surface area (Å²) in [5, 5.41) is 15.2. The molecule has 0 bridgehead atoms. The number of methoxy groups -OCH3 is 1. The van der Waals surface area contributed by atoms with Crippen molar-refractivity contribution < 1.29 is 29.0 Å². The maximum atomic E-state index is 13.6. The summed E-state index contributed by atoms with van der Waals surface area (Å²) in [4.78, 5) is 39.4. The van der Waals surface area contributed by atoms with E-state index in [4.69, 9.17) is 9.47 Å². The van der Waals surface area contributed by atoms with E-state index in [1.807, 2.05) is 12.1 Å². The lowest BCUT2D eigenvalue weighted by molar-refractivity contribution is -0.166. The molecular weight excluding hydrogens is 436 g/mol. The molecule has 3 unspecified atom stereocenters. The van der Waals surface area contributed by atoms with Crippen LogP contribution in [-0.2, 0) is 25.5 Å². The number of amides is 2. The van der Waals surface area contributed by atoms with Gasteiger partial charge in [-0.15, -0.1) is 0 Å². The molecule has 3 N–H and O–H groups in total. The summed E-state index contributed by atoms with van der Waals surface area (Å²) >= 11 is 0. The Balaban J connectivity index is 2.29. The zero-order valence-electron chi connectivity index (χ0n) is 21.1. The first-order chi connectivity index (χ1) is 16.1. The number of aliphatic hydroxyl groups is 1. The number of esters is 1. The van der Waals surface area contributed by atoms with Crippen molar-refractivity contribution in [3.8, 4) is 5.75 Å². The van der Waals surface area contributed by atoms with Gasteiger partial charge in [-0.3, -0.25) is 14.4 Å². The Bertz CT molecular complexity index is 812. The lowest BCUT2D eigenvalue weighted by atomic mass is 9.78. The summed E-state index contributed by atoms with van der Waals surface area (Å²) < 4.78 is 10.8. The molecule has 0 saturated heterocycles. The molecule has 1 saturated carbocycles. The molecule has 34 heavy (non-hydrogen) atoms. The first kappa shape index (κ1) is 27.6. The number of benzene rings is 1. The number of carbonyl (C=O) groups excluding carboxylic acids is 3. The van der Waals surface area contributed by atoms with Gasteiger partial charge in [-0.25, -0.2) is 0 Å². The van der Waals surface area contributed by atoms with Gasteiger partial charge in [0.15, 0.2) is 0 Å². The Morgan fingerprint density at radius 3 is 2.21 bits per heavy atom. The summed E-state index contributed by atoms with van der Waals surface area (Å²) in [5.41, 5.74) is 0.159. The monoisotopic (exact) mass is 476 g/mol. The van der Waals surface area contributed by atoms with Crippen LogP contribution in [0.4, 0.5) is 0 Å². The number of rotatable bonds is 11. The van der Waals surface area contributed by atoms with Crippen LogP contribution in [0.1, 0.15) is 58.4 Å². The van der Waals surface area contributed by atoms with E-state index < -0.39 is 29.4 Å². The minimum absolute atomic E-state index is 0.00427. The first-order valence-corrected chi connectivity index (χ1v) is 12.1. The molecule has 0 aromatic heterocycles. The average molecular weight is 477 g/mol. The van der Waals surface area contributed by atoms with E-state index in [-0.39, 0.29) is 30.8 Å². The molecule has 0 spiro atoms. The molecule has 1 aliphatic carbocycles. The standard InChI is InChI=1S/C26H40N2O6/c1-26(2,3)34-25(32)20(14-15-29)22(18-8-6-7-9-18)24(31)28-21(23(30)27-4)16-17-10-12-19(33-5)13-11-17/h10-13,18,20-22,29H,6-9,14-16H2,1-5H3,(H,27,30)(H,28,31). The summed E-state index contributed by atoms with van der Waals surface area (Å²) in [7, 11) is 3.11. The Morgan fingerprint density at radius 2 is 1.71 bits per heavy atom. The Morgan fingerprint density at radius 1 is 1.09 bits per heavy atom. The van der Waals surface area contributed by atoms with Gasteiger partial charge >= 0.3 is 5.97 Å². The van der Waals surface area contributed by atoms with E-state index in [0.717, 1.165) is 31.2 Å². The molecule has 2 amide bonds. The third-order valence-corrected chi connectivity index (χ3v) is 6.27. The number of hydrogen-bond donors (Lipinski definition) is 3. The minimum atomic E-state index is -0.803. The second kappa shape index (κ2) is 12.7. The second-order valence-corrected chi connectivity index (χ2v) is 9.95. The highest BCUT2D eigenvalue weighted by Crippen LogP contribution is 2.38. The van der Waals surface area contributed by atoms with Crippen LogP contribution >= 0.6 is 0 Å². The third kappa shape index (κ3) is 8.01. The number of carbonyl (C=O) groups is 3. The molecule has 1 aliphatic rings. The van der Waals surface area contributed by atoms with Gasteiger partial charge in [0.05, 0.1) is 18.9 Å². The quantitative estimate of drug-likeness (QED) is 0.423. The van der Waals surface area contributed by atoms with E-state index in [9.17, 15) is 19.5 Å². The second-order valence-electron chi connectivity index (χ2n) is 9.95. The molecular formula is C26H40N2O6. The SMILES string of the molecule is CNC(=O)C(Cc1ccc(OC)cc1)NC(=O)C(C1CCCC1)C(CCO)C(=O)OC(C)(C)C.